The van der Waals surface area contributed by atoms with E-state index in [9.17, 15) is 9.59 Å². The van der Waals surface area contributed by atoms with Gasteiger partial charge in [-0.3, -0.25) is 9.59 Å². The van der Waals surface area contributed by atoms with Crippen LogP contribution >= 0.6 is 0 Å². The summed E-state index contributed by atoms with van der Waals surface area (Å²) in [7, 11) is 3.18. The van der Waals surface area contributed by atoms with Crippen LogP contribution in [-0.4, -0.2) is 39.2 Å². The van der Waals surface area contributed by atoms with E-state index >= 15 is 0 Å². The van der Waals surface area contributed by atoms with Crippen molar-refractivity contribution < 1.29 is 19.1 Å². The molecule has 0 saturated carbocycles. The number of amides is 2. The maximum Gasteiger partial charge on any atom is 0.251 e. The molecular formula is C19H22N2O4. The number of hydrogen-bond donors (Lipinski definition) is 2. The third kappa shape index (κ3) is 5.93. The van der Waals surface area contributed by atoms with E-state index < -0.39 is 0 Å². The smallest absolute Gasteiger partial charge is 0.251 e. The fourth-order valence-corrected chi connectivity index (χ4v) is 2.21. The molecule has 2 amide bonds. The molecule has 2 rings (SSSR count). The Morgan fingerprint density at radius 1 is 0.960 bits per heavy atom. The molecule has 132 valence electrons. The lowest BCUT2D eigenvalue weighted by Crippen LogP contribution is -2.26. The average Bonchev–Trinajstić information content (AvgIpc) is 2.63. The quantitative estimate of drug-likeness (QED) is 0.722. The Kier molecular flexibility index (Phi) is 6.98. The molecule has 6 heteroatoms. The molecule has 2 N–H and O–H groups in total. The molecular weight excluding hydrogens is 320 g/mol. The van der Waals surface area contributed by atoms with Gasteiger partial charge in [0, 0.05) is 24.9 Å². The third-order valence-electron chi connectivity index (χ3n) is 3.55. The molecule has 2 aromatic rings. The van der Waals surface area contributed by atoms with E-state index in [0.717, 1.165) is 11.3 Å². The molecule has 0 radical (unpaired) electrons. The zero-order valence-electron chi connectivity index (χ0n) is 14.4. The van der Waals surface area contributed by atoms with Crippen molar-refractivity contribution in [3.63, 3.8) is 0 Å². The fraction of sp³-hybridized carbons (Fsp3) is 0.263. The van der Waals surface area contributed by atoms with E-state index in [0.29, 0.717) is 24.4 Å². The molecule has 0 aromatic heterocycles. The van der Waals surface area contributed by atoms with Gasteiger partial charge in [0.15, 0.2) is 0 Å². The minimum Gasteiger partial charge on any atom is -0.497 e. The molecule has 0 unspecified atom stereocenters. The lowest BCUT2D eigenvalue weighted by atomic mass is 10.1. The van der Waals surface area contributed by atoms with Crippen LogP contribution in [-0.2, 0) is 16.0 Å². The summed E-state index contributed by atoms with van der Waals surface area (Å²) >= 11 is 0. The normalized spacial score (nSPS) is 10.2. The van der Waals surface area contributed by atoms with Gasteiger partial charge in [-0.2, -0.15) is 0 Å². The van der Waals surface area contributed by atoms with Gasteiger partial charge in [-0.15, -0.1) is 0 Å². The van der Waals surface area contributed by atoms with Crippen LogP contribution in [0.2, 0.25) is 0 Å². The summed E-state index contributed by atoms with van der Waals surface area (Å²) in [5.41, 5.74) is 2.07. The average molecular weight is 342 g/mol. The van der Waals surface area contributed by atoms with Gasteiger partial charge in [0.05, 0.1) is 20.1 Å². The van der Waals surface area contributed by atoms with Crippen LogP contribution in [0.3, 0.4) is 0 Å². The van der Waals surface area contributed by atoms with E-state index in [1.165, 1.54) is 0 Å². The molecule has 6 nitrogen and oxygen atoms in total. The van der Waals surface area contributed by atoms with Gasteiger partial charge >= 0.3 is 0 Å². The largest absolute Gasteiger partial charge is 0.497 e. The highest BCUT2D eigenvalue weighted by atomic mass is 16.5. The first-order valence-corrected chi connectivity index (χ1v) is 7.92. The lowest BCUT2D eigenvalue weighted by molar-refractivity contribution is -0.115. The topological polar surface area (TPSA) is 76.7 Å². The van der Waals surface area contributed by atoms with Crippen molar-refractivity contribution in [3.05, 3.63) is 59.7 Å². The van der Waals surface area contributed by atoms with Crippen molar-refractivity contribution in [3.8, 4) is 5.75 Å². The van der Waals surface area contributed by atoms with Crippen LogP contribution in [0.1, 0.15) is 15.9 Å². The van der Waals surface area contributed by atoms with Gasteiger partial charge < -0.3 is 20.1 Å². The van der Waals surface area contributed by atoms with Crippen molar-refractivity contribution in [2.75, 3.05) is 32.7 Å². The second-order valence-electron chi connectivity index (χ2n) is 5.40. The number of anilines is 1. The predicted molar refractivity (Wildman–Crippen MR) is 96.0 cm³/mol. The van der Waals surface area contributed by atoms with Crippen molar-refractivity contribution in [2.45, 2.75) is 6.42 Å². The second-order valence-corrected chi connectivity index (χ2v) is 5.40. The van der Waals surface area contributed by atoms with Gasteiger partial charge in [-0.25, -0.2) is 0 Å². The predicted octanol–water partition coefficient (Wildman–Crippen LogP) is 2.25. The number of rotatable bonds is 8. The number of nitrogens with one attached hydrogen (secondary N) is 2. The van der Waals surface area contributed by atoms with E-state index in [1.807, 2.05) is 24.3 Å². The zero-order chi connectivity index (χ0) is 18.1. The summed E-state index contributed by atoms with van der Waals surface area (Å²) in [6, 6.07) is 14.1. The van der Waals surface area contributed by atoms with Crippen LogP contribution in [0.25, 0.3) is 0 Å². The first-order chi connectivity index (χ1) is 12.1. The Labute approximate surface area is 147 Å². The van der Waals surface area contributed by atoms with Crippen LogP contribution < -0.4 is 15.4 Å². The van der Waals surface area contributed by atoms with Gasteiger partial charge in [0.1, 0.15) is 5.75 Å². The summed E-state index contributed by atoms with van der Waals surface area (Å²) in [5, 5.41) is 5.56. The number of hydrogen-bond acceptors (Lipinski definition) is 4. The summed E-state index contributed by atoms with van der Waals surface area (Å²) in [5.74, 6) is 0.458. The van der Waals surface area contributed by atoms with Crippen molar-refractivity contribution in [1.82, 2.24) is 5.32 Å². The Morgan fingerprint density at radius 3 is 2.24 bits per heavy atom. The van der Waals surface area contributed by atoms with Crippen molar-refractivity contribution in [1.29, 1.82) is 0 Å². The Bertz CT molecular complexity index is 696. The summed E-state index contributed by atoms with van der Waals surface area (Å²) in [6.45, 7) is 0.918. The number of benzene rings is 2. The molecule has 0 heterocycles. The maximum absolute atomic E-state index is 12.1. The lowest BCUT2D eigenvalue weighted by Gasteiger charge is -2.08. The second kappa shape index (κ2) is 9.44. The fourth-order valence-electron chi connectivity index (χ4n) is 2.21. The molecule has 0 spiro atoms. The third-order valence-corrected chi connectivity index (χ3v) is 3.55. The van der Waals surface area contributed by atoms with E-state index in [-0.39, 0.29) is 18.2 Å². The Balaban J connectivity index is 1.87. The molecule has 0 aliphatic rings. The van der Waals surface area contributed by atoms with Crippen molar-refractivity contribution >= 4 is 17.5 Å². The molecule has 0 atom stereocenters. The van der Waals surface area contributed by atoms with Crippen LogP contribution in [0.4, 0.5) is 5.69 Å². The number of carbonyl (C=O) groups is 2. The Hall–Kier alpha value is -2.86. The highest BCUT2D eigenvalue weighted by Gasteiger charge is 2.07. The van der Waals surface area contributed by atoms with Gasteiger partial charge in [0.25, 0.3) is 5.91 Å². The van der Waals surface area contributed by atoms with Crippen molar-refractivity contribution in [2.24, 2.45) is 0 Å². The molecule has 0 saturated heterocycles. The minimum atomic E-state index is -0.173. The summed E-state index contributed by atoms with van der Waals surface area (Å²) in [6.07, 6.45) is 0.267. The van der Waals surface area contributed by atoms with E-state index in [2.05, 4.69) is 10.6 Å². The number of ether oxygens (including phenoxy) is 2. The monoisotopic (exact) mass is 342 g/mol. The molecule has 0 fully saturated rings. The molecule has 0 aliphatic carbocycles. The van der Waals surface area contributed by atoms with Gasteiger partial charge in [-0.05, 0) is 42.0 Å². The molecule has 0 aliphatic heterocycles. The number of carbonyl (C=O) groups excluding carboxylic acids is 2. The molecule has 25 heavy (non-hydrogen) atoms. The van der Waals surface area contributed by atoms with Gasteiger partial charge in [0.2, 0.25) is 5.91 Å². The zero-order valence-corrected chi connectivity index (χ0v) is 14.4. The summed E-state index contributed by atoms with van der Waals surface area (Å²) in [4.78, 5) is 24.0. The maximum atomic E-state index is 12.1. The first-order valence-electron chi connectivity index (χ1n) is 7.92. The van der Waals surface area contributed by atoms with Crippen LogP contribution in [0.5, 0.6) is 5.75 Å². The van der Waals surface area contributed by atoms with Crippen LogP contribution in [0.15, 0.2) is 48.5 Å². The molecule has 2 aromatic carbocycles. The van der Waals surface area contributed by atoms with E-state index in [1.54, 1.807) is 38.5 Å². The van der Waals surface area contributed by atoms with Gasteiger partial charge in [-0.1, -0.05) is 12.1 Å². The highest BCUT2D eigenvalue weighted by Crippen LogP contribution is 2.13. The minimum absolute atomic E-state index is 0.123. The van der Waals surface area contributed by atoms with E-state index in [4.69, 9.17) is 9.47 Å². The first kappa shape index (κ1) is 18.5. The Morgan fingerprint density at radius 2 is 1.64 bits per heavy atom. The summed E-state index contributed by atoms with van der Waals surface area (Å²) < 4.78 is 9.97. The standard InChI is InChI=1S/C19H22N2O4/c1-24-12-11-20-19(23)15-5-7-16(8-6-15)21-18(22)13-14-3-9-17(25-2)10-4-14/h3-10H,11-13H2,1-2H3,(H,20,23)(H,21,22). The number of methoxy groups -OCH3 is 2. The van der Waals surface area contributed by atoms with Crippen LogP contribution in [0, 0.1) is 0 Å². The highest BCUT2D eigenvalue weighted by molar-refractivity contribution is 5.96. The SMILES string of the molecule is COCCNC(=O)c1ccc(NC(=O)Cc2ccc(OC)cc2)cc1. The molecule has 0 bridgehead atoms.